The van der Waals surface area contributed by atoms with E-state index in [1.807, 2.05) is 13.1 Å². The Morgan fingerprint density at radius 1 is 1.29 bits per heavy atom. The molecule has 1 aliphatic rings. The fourth-order valence-electron chi connectivity index (χ4n) is 3.08. The molecular weight excluding hydrogens is 264 g/mol. The molecule has 6 nitrogen and oxygen atoms in total. The molecule has 6 heteroatoms. The van der Waals surface area contributed by atoms with E-state index in [9.17, 15) is 0 Å². The van der Waals surface area contributed by atoms with E-state index in [2.05, 4.69) is 48.8 Å². The Morgan fingerprint density at radius 3 is 3.00 bits per heavy atom. The van der Waals surface area contributed by atoms with Gasteiger partial charge in [0.15, 0.2) is 5.82 Å². The van der Waals surface area contributed by atoms with Gasteiger partial charge in [0.05, 0.1) is 17.8 Å². The Bertz CT molecular complexity index is 786. The van der Waals surface area contributed by atoms with Crippen LogP contribution in [-0.4, -0.2) is 37.8 Å². The van der Waals surface area contributed by atoms with Crippen LogP contribution < -0.4 is 4.90 Å². The predicted molar refractivity (Wildman–Crippen MR) is 81.5 cm³/mol. The van der Waals surface area contributed by atoms with Gasteiger partial charge in [-0.3, -0.25) is 4.68 Å². The summed E-state index contributed by atoms with van der Waals surface area (Å²) in [6.45, 7) is 6.05. The first-order valence-electron chi connectivity index (χ1n) is 7.27. The number of rotatable bonds is 2. The lowest BCUT2D eigenvalue weighted by atomic mass is 10.3. The van der Waals surface area contributed by atoms with Gasteiger partial charge < -0.3 is 9.88 Å². The van der Waals surface area contributed by atoms with Crippen LogP contribution >= 0.6 is 0 Å². The highest BCUT2D eigenvalue weighted by atomic mass is 15.3. The van der Waals surface area contributed by atoms with Gasteiger partial charge in [-0.1, -0.05) is 0 Å². The summed E-state index contributed by atoms with van der Waals surface area (Å²) in [5, 5.41) is 4.44. The van der Waals surface area contributed by atoms with Crippen molar-refractivity contribution in [3.63, 3.8) is 0 Å². The van der Waals surface area contributed by atoms with Crippen molar-refractivity contribution in [1.82, 2.24) is 24.7 Å². The number of aromatic amines is 1. The molecule has 1 saturated heterocycles. The highest BCUT2D eigenvalue weighted by Crippen LogP contribution is 2.29. The minimum absolute atomic E-state index is 0.416. The van der Waals surface area contributed by atoms with Crippen molar-refractivity contribution in [1.29, 1.82) is 0 Å². The molecule has 0 spiro atoms. The average Bonchev–Trinajstić information content (AvgIpc) is 3.15. The van der Waals surface area contributed by atoms with Crippen LogP contribution in [0.2, 0.25) is 0 Å². The molecule has 0 aromatic carbocycles. The average molecular weight is 282 g/mol. The second-order valence-electron chi connectivity index (χ2n) is 5.80. The number of anilines is 1. The molecule has 108 valence electrons. The van der Waals surface area contributed by atoms with Gasteiger partial charge in [-0.15, -0.1) is 0 Å². The predicted octanol–water partition coefficient (Wildman–Crippen LogP) is 2.22. The molecule has 4 rings (SSSR count). The number of aryl methyl sites for hydroxylation is 2. The van der Waals surface area contributed by atoms with Crippen LogP contribution in [0, 0.1) is 13.8 Å². The first-order valence-corrected chi connectivity index (χ1v) is 7.27. The molecule has 0 radical (unpaired) electrons. The van der Waals surface area contributed by atoms with Crippen molar-refractivity contribution in [2.24, 2.45) is 0 Å². The number of hydrogen-bond acceptors (Lipinski definition) is 4. The number of nitrogens with zero attached hydrogens (tertiary/aromatic N) is 5. The van der Waals surface area contributed by atoms with Crippen LogP contribution in [0.15, 0.2) is 24.8 Å². The summed E-state index contributed by atoms with van der Waals surface area (Å²) in [7, 11) is 0. The fraction of sp³-hybridized carbons (Fsp3) is 0.400. The van der Waals surface area contributed by atoms with Gasteiger partial charge >= 0.3 is 0 Å². The highest BCUT2D eigenvalue weighted by molar-refractivity contribution is 5.86. The van der Waals surface area contributed by atoms with Crippen molar-refractivity contribution >= 4 is 16.9 Å². The van der Waals surface area contributed by atoms with E-state index in [-0.39, 0.29) is 0 Å². The smallest absolute Gasteiger partial charge is 0.156 e. The zero-order valence-corrected chi connectivity index (χ0v) is 12.2. The van der Waals surface area contributed by atoms with Crippen LogP contribution in [0.5, 0.6) is 0 Å². The monoisotopic (exact) mass is 282 g/mol. The van der Waals surface area contributed by atoms with Crippen molar-refractivity contribution in [3.05, 3.63) is 36.0 Å². The van der Waals surface area contributed by atoms with E-state index in [1.54, 1.807) is 6.33 Å². The fourth-order valence-corrected chi connectivity index (χ4v) is 3.08. The quantitative estimate of drug-likeness (QED) is 0.783. The van der Waals surface area contributed by atoms with Crippen LogP contribution in [0.3, 0.4) is 0 Å². The summed E-state index contributed by atoms with van der Waals surface area (Å²) >= 11 is 0. The van der Waals surface area contributed by atoms with E-state index in [1.165, 1.54) is 5.56 Å². The third-order valence-electron chi connectivity index (χ3n) is 4.10. The number of H-pyrrole nitrogens is 1. The van der Waals surface area contributed by atoms with Crippen LogP contribution in [0.1, 0.15) is 23.7 Å². The van der Waals surface area contributed by atoms with Crippen molar-refractivity contribution in [2.45, 2.75) is 26.3 Å². The van der Waals surface area contributed by atoms with Crippen LogP contribution in [0.25, 0.3) is 11.0 Å². The normalized spacial score (nSPS) is 18.8. The maximum atomic E-state index is 4.49. The topological polar surface area (TPSA) is 62.6 Å². The van der Waals surface area contributed by atoms with Crippen molar-refractivity contribution in [2.75, 3.05) is 18.0 Å². The summed E-state index contributed by atoms with van der Waals surface area (Å²) < 4.78 is 2.08. The zero-order chi connectivity index (χ0) is 14.4. The lowest BCUT2D eigenvalue weighted by molar-refractivity contribution is 0.494. The summed E-state index contributed by atoms with van der Waals surface area (Å²) in [4.78, 5) is 14.5. The molecule has 1 atom stereocenters. The molecule has 0 amide bonds. The van der Waals surface area contributed by atoms with Crippen molar-refractivity contribution < 1.29 is 0 Å². The minimum atomic E-state index is 0.416. The van der Waals surface area contributed by atoms with Gasteiger partial charge in [-0.05, 0) is 31.9 Å². The lowest BCUT2D eigenvalue weighted by Crippen LogP contribution is -2.22. The van der Waals surface area contributed by atoms with E-state index in [4.69, 9.17) is 0 Å². The number of nitrogens with one attached hydrogen (secondary N) is 1. The second-order valence-corrected chi connectivity index (χ2v) is 5.80. The van der Waals surface area contributed by atoms with Crippen LogP contribution in [0.4, 0.5) is 5.82 Å². The molecule has 3 aromatic heterocycles. The third kappa shape index (κ3) is 2.07. The van der Waals surface area contributed by atoms with Gasteiger partial charge in [0.2, 0.25) is 0 Å². The van der Waals surface area contributed by atoms with Gasteiger partial charge in [0, 0.05) is 25.0 Å². The van der Waals surface area contributed by atoms with E-state index in [0.717, 1.165) is 42.1 Å². The summed E-state index contributed by atoms with van der Waals surface area (Å²) in [6, 6.07) is 2.48. The van der Waals surface area contributed by atoms with E-state index in [0.29, 0.717) is 6.04 Å². The molecule has 0 aliphatic carbocycles. The molecule has 3 aromatic rings. The standard InChI is InChI=1S/C15H18N6/c1-10-6-18-21(7-10)12-3-4-20(8-12)15-14-13(16-9-17-15)5-11(2)19-14/h5-7,9,12,19H,3-4,8H2,1-2H3. The lowest BCUT2D eigenvalue weighted by Gasteiger charge is -2.18. The summed E-state index contributed by atoms with van der Waals surface area (Å²) in [5.41, 5.74) is 4.34. The molecule has 1 fully saturated rings. The third-order valence-corrected chi connectivity index (χ3v) is 4.10. The number of aromatic nitrogens is 5. The Kier molecular flexibility index (Phi) is 2.70. The Labute approximate surface area is 122 Å². The Balaban J connectivity index is 1.65. The Hall–Kier alpha value is -2.37. The molecule has 1 aliphatic heterocycles. The van der Waals surface area contributed by atoms with Crippen LogP contribution in [-0.2, 0) is 0 Å². The number of hydrogen-bond donors (Lipinski definition) is 1. The summed E-state index contributed by atoms with van der Waals surface area (Å²) in [6.07, 6.45) is 6.77. The molecule has 21 heavy (non-hydrogen) atoms. The molecule has 1 N–H and O–H groups in total. The highest BCUT2D eigenvalue weighted by Gasteiger charge is 2.26. The number of fused-ring (bicyclic) bond motifs is 1. The van der Waals surface area contributed by atoms with Gasteiger partial charge in [-0.25, -0.2) is 9.97 Å². The van der Waals surface area contributed by atoms with E-state index < -0.39 is 0 Å². The SMILES string of the molecule is Cc1cnn(C2CCN(c3ncnc4cc(C)[nH]c34)C2)c1. The second kappa shape index (κ2) is 4.58. The summed E-state index contributed by atoms with van der Waals surface area (Å²) in [5.74, 6) is 1.000. The van der Waals surface area contributed by atoms with Gasteiger partial charge in [-0.2, -0.15) is 5.10 Å². The van der Waals surface area contributed by atoms with E-state index >= 15 is 0 Å². The zero-order valence-electron chi connectivity index (χ0n) is 12.2. The first kappa shape index (κ1) is 12.4. The molecule has 0 bridgehead atoms. The molecule has 0 saturated carbocycles. The largest absolute Gasteiger partial charge is 0.354 e. The maximum Gasteiger partial charge on any atom is 0.156 e. The molecule has 1 unspecified atom stereocenters. The van der Waals surface area contributed by atoms with Gasteiger partial charge in [0.25, 0.3) is 0 Å². The Morgan fingerprint density at radius 2 is 2.19 bits per heavy atom. The maximum absolute atomic E-state index is 4.49. The van der Waals surface area contributed by atoms with Gasteiger partial charge in [0.1, 0.15) is 11.8 Å². The molecule has 4 heterocycles. The molecular formula is C15H18N6. The minimum Gasteiger partial charge on any atom is -0.354 e. The van der Waals surface area contributed by atoms with Crippen molar-refractivity contribution in [3.8, 4) is 0 Å². The first-order chi connectivity index (χ1) is 10.2.